The molecule has 96 valence electrons. The van der Waals surface area contributed by atoms with Gasteiger partial charge in [0.1, 0.15) is 5.65 Å². The number of piperidine rings is 1. The van der Waals surface area contributed by atoms with Crippen molar-refractivity contribution in [1.82, 2.24) is 19.9 Å². The molecule has 3 atom stereocenters. The van der Waals surface area contributed by atoms with Gasteiger partial charge in [-0.1, -0.05) is 0 Å². The van der Waals surface area contributed by atoms with Crippen LogP contribution < -0.4 is 5.32 Å². The van der Waals surface area contributed by atoms with Gasteiger partial charge in [-0.25, -0.2) is 4.98 Å². The zero-order valence-electron chi connectivity index (χ0n) is 10.6. The fraction of sp³-hybridized carbons (Fsp3) is 0.400. The number of hydrogen-bond acceptors (Lipinski definition) is 2. The Hall–Kier alpha value is -1.81. The van der Waals surface area contributed by atoms with Gasteiger partial charge in [-0.3, -0.25) is 0 Å². The molecule has 2 aliphatic rings. The van der Waals surface area contributed by atoms with Gasteiger partial charge in [0.25, 0.3) is 0 Å². The van der Waals surface area contributed by atoms with Crippen LogP contribution in [0.1, 0.15) is 18.9 Å². The molecule has 2 bridgehead atoms. The normalized spacial score (nSPS) is 29.8. The summed E-state index contributed by atoms with van der Waals surface area (Å²) in [5.41, 5.74) is 2.33. The lowest BCUT2D eigenvalue weighted by molar-refractivity contribution is 0.368. The molecule has 0 unspecified atom stereocenters. The molecule has 4 heteroatoms. The zero-order valence-corrected chi connectivity index (χ0v) is 10.6. The Morgan fingerprint density at radius 2 is 2.26 bits per heavy atom. The second-order valence-corrected chi connectivity index (χ2v) is 5.94. The van der Waals surface area contributed by atoms with E-state index in [1.807, 2.05) is 12.4 Å². The Morgan fingerprint density at radius 1 is 1.26 bits per heavy atom. The lowest BCUT2D eigenvalue weighted by Crippen LogP contribution is -2.34. The largest absolute Gasteiger partial charge is 0.346 e. The number of nitrogens with one attached hydrogen (secondary N) is 2. The minimum Gasteiger partial charge on any atom is -0.346 e. The van der Waals surface area contributed by atoms with E-state index in [1.165, 1.54) is 35.7 Å². The summed E-state index contributed by atoms with van der Waals surface area (Å²) in [5.74, 6) is 0.871. The highest BCUT2D eigenvalue weighted by Crippen LogP contribution is 2.41. The predicted molar refractivity (Wildman–Crippen MR) is 75.1 cm³/mol. The lowest BCUT2D eigenvalue weighted by Gasteiger charge is -2.25. The van der Waals surface area contributed by atoms with E-state index in [4.69, 9.17) is 0 Å². The third-order valence-corrected chi connectivity index (χ3v) is 4.91. The molecule has 19 heavy (non-hydrogen) atoms. The second kappa shape index (κ2) is 3.39. The Morgan fingerprint density at radius 3 is 3.11 bits per heavy atom. The molecule has 2 N–H and O–H groups in total. The van der Waals surface area contributed by atoms with Gasteiger partial charge in [0.2, 0.25) is 0 Å². The standard InChI is InChI=1S/C15H16N4/c1-3-16-15-11(1)14-10(8-18-15)2-4-19(14)13-6-9-5-12(13)17-7-9/h1-4,8-9,12-13,17H,5-7H2,(H,16,18)/t9-,12+,13-/m1/s1. The fourth-order valence-electron chi connectivity index (χ4n) is 4.06. The van der Waals surface area contributed by atoms with Gasteiger partial charge in [-0.05, 0) is 37.4 Å². The van der Waals surface area contributed by atoms with Crippen molar-refractivity contribution in [2.45, 2.75) is 24.9 Å². The van der Waals surface area contributed by atoms with Gasteiger partial charge in [0.05, 0.1) is 5.52 Å². The SMILES string of the molecule is c1cc2c(ncc3ccn([C@@H]4C[C@@H]5CN[C@H]4C5)c32)[nH]1. The van der Waals surface area contributed by atoms with Crippen LogP contribution in [0, 0.1) is 5.92 Å². The van der Waals surface area contributed by atoms with Gasteiger partial charge in [0, 0.05) is 41.4 Å². The third kappa shape index (κ3) is 1.24. The van der Waals surface area contributed by atoms with Crippen molar-refractivity contribution in [2.75, 3.05) is 6.54 Å². The molecule has 2 fully saturated rings. The minimum absolute atomic E-state index is 0.608. The molecule has 1 saturated heterocycles. The summed E-state index contributed by atoms with van der Waals surface area (Å²) in [7, 11) is 0. The van der Waals surface area contributed by atoms with Gasteiger partial charge >= 0.3 is 0 Å². The van der Waals surface area contributed by atoms with Crippen LogP contribution >= 0.6 is 0 Å². The smallest absolute Gasteiger partial charge is 0.139 e. The molecule has 3 aromatic rings. The van der Waals surface area contributed by atoms with Crippen LogP contribution in [0.5, 0.6) is 0 Å². The van der Waals surface area contributed by atoms with Gasteiger partial charge < -0.3 is 14.9 Å². The number of nitrogens with zero attached hydrogens (tertiary/aromatic N) is 2. The topological polar surface area (TPSA) is 45.6 Å². The van der Waals surface area contributed by atoms with Crippen LogP contribution in [0.25, 0.3) is 21.9 Å². The monoisotopic (exact) mass is 252 g/mol. The summed E-state index contributed by atoms with van der Waals surface area (Å²) >= 11 is 0. The molecule has 4 heterocycles. The molecule has 0 aromatic carbocycles. The molecule has 1 aliphatic carbocycles. The van der Waals surface area contributed by atoms with Crippen LogP contribution in [0.2, 0.25) is 0 Å². The van der Waals surface area contributed by atoms with Crippen molar-refractivity contribution >= 4 is 21.9 Å². The zero-order chi connectivity index (χ0) is 12.4. The summed E-state index contributed by atoms with van der Waals surface area (Å²) in [6.45, 7) is 1.21. The van der Waals surface area contributed by atoms with Crippen LogP contribution in [0.15, 0.2) is 30.7 Å². The molecule has 0 amide bonds. The second-order valence-electron chi connectivity index (χ2n) is 5.94. The third-order valence-electron chi connectivity index (χ3n) is 4.91. The molecule has 1 saturated carbocycles. The molecule has 0 spiro atoms. The number of rotatable bonds is 1. The number of fused-ring (bicyclic) bond motifs is 5. The van der Waals surface area contributed by atoms with E-state index < -0.39 is 0 Å². The number of H-pyrrole nitrogens is 1. The van der Waals surface area contributed by atoms with Crippen LogP contribution in [0.4, 0.5) is 0 Å². The molecular formula is C15H16N4. The Balaban J connectivity index is 1.77. The summed E-state index contributed by atoms with van der Waals surface area (Å²) < 4.78 is 2.48. The van der Waals surface area contributed by atoms with Gasteiger partial charge in [0.15, 0.2) is 0 Å². The van der Waals surface area contributed by atoms with Crippen molar-refractivity contribution in [2.24, 2.45) is 5.92 Å². The van der Waals surface area contributed by atoms with Crippen LogP contribution in [-0.4, -0.2) is 27.1 Å². The Kier molecular flexibility index (Phi) is 1.79. The number of hydrogen-bond donors (Lipinski definition) is 2. The first-order chi connectivity index (χ1) is 9.40. The molecule has 3 aromatic heterocycles. The summed E-state index contributed by atoms with van der Waals surface area (Å²) in [5, 5.41) is 6.14. The number of aromatic amines is 1. The maximum absolute atomic E-state index is 4.47. The number of aromatic nitrogens is 3. The van der Waals surface area contributed by atoms with E-state index in [0.717, 1.165) is 11.6 Å². The highest BCUT2D eigenvalue weighted by molar-refractivity contribution is 6.02. The molecule has 4 nitrogen and oxygen atoms in total. The van der Waals surface area contributed by atoms with E-state index >= 15 is 0 Å². The quantitative estimate of drug-likeness (QED) is 0.698. The van der Waals surface area contributed by atoms with E-state index in [-0.39, 0.29) is 0 Å². The molecular weight excluding hydrogens is 236 g/mol. The van der Waals surface area contributed by atoms with E-state index in [2.05, 4.69) is 38.2 Å². The number of pyridine rings is 1. The molecule has 1 aliphatic heterocycles. The van der Waals surface area contributed by atoms with E-state index in [0.29, 0.717) is 12.1 Å². The highest BCUT2D eigenvalue weighted by Gasteiger charge is 2.40. The maximum Gasteiger partial charge on any atom is 0.139 e. The molecule has 5 rings (SSSR count). The lowest BCUT2D eigenvalue weighted by atomic mass is 10.1. The van der Waals surface area contributed by atoms with Crippen molar-refractivity contribution in [1.29, 1.82) is 0 Å². The van der Waals surface area contributed by atoms with Gasteiger partial charge in [-0.15, -0.1) is 0 Å². The summed E-state index contributed by atoms with van der Waals surface area (Å²) in [6, 6.07) is 5.60. The van der Waals surface area contributed by atoms with Gasteiger partial charge in [-0.2, -0.15) is 0 Å². The van der Waals surface area contributed by atoms with Crippen molar-refractivity contribution in [3.8, 4) is 0 Å². The van der Waals surface area contributed by atoms with Crippen molar-refractivity contribution in [3.05, 3.63) is 30.7 Å². The van der Waals surface area contributed by atoms with Crippen LogP contribution in [-0.2, 0) is 0 Å². The average Bonchev–Trinajstić information content (AvgIpc) is 3.19. The summed E-state index contributed by atoms with van der Waals surface area (Å²) in [6.07, 6.45) is 8.85. The Bertz CT molecular complexity index is 769. The van der Waals surface area contributed by atoms with Crippen molar-refractivity contribution in [3.63, 3.8) is 0 Å². The first-order valence-corrected chi connectivity index (χ1v) is 7.06. The minimum atomic E-state index is 0.608. The first kappa shape index (κ1) is 10.0. The highest BCUT2D eigenvalue weighted by atomic mass is 15.1. The van der Waals surface area contributed by atoms with Crippen LogP contribution in [0.3, 0.4) is 0 Å². The molecule has 0 radical (unpaired) electrons. The van der Waals surface area contributed by atoms with E-state index in [9.17, 15) is 0 Å². The average molecular weight is 252 g/mol. The van der Waals surface area contributed by atoms with Crippen molar-refractivity contribution < 1.29 is 0 Å². The predicted octanol–water partition coefficient (Wildman–Crippen LogP) is 2.44. The Labute approximate surface area is 110 Å². The van der Waals surface area contributed by atoms with E-state index in [1.54, 1.807) is 0 Å². The fourth-order valence-corrected chi connectivity index (χ4v) is 4.06. The summed E-state index contributed by atoms with van der Waals surface area (Å²) in [4.78, 5) is 7.69. The first-order valence-electron chi connectivity index (χ1n) is 7.06. The maximum atomic E-state index is 4.47.